The van der Waals surface area contributed by atoms with Crippen molar-refractivity contribution in [2.75, 3.05) is 11.9 Å². The van der Waals surface area contributed by atoms with Crippen molar-refractivity contribution < 1.29 is 9.53 Å². The fourth-order valence-electron chi connectivity index (χ4n) is 2.37. The molecule has 1 heterocycles. The molecule has 0 aliphatic heterocycles. The van der Waals surface area contributed by atoms with Crippen LogP contribution in [-0.4, -0.2) is 17.5 Å². The van der Waals surface area contributed by atoms with Crippen molar-refractivity contribution in [1.82, 2.24) is 4.98 Å². The molecule has 0 bridgehead atoms. The van der Waals surface area contributed by atoms with E-state index in [4.69, 9.17) is 4.74 Å². The number of rotatable bonds is 8. The Labute approximate surface area is 163 Å². The van der Waals surface area contributed by atoms with Gasteiger partial charge in [0.05, 0.1) is 0 Å². The summed E-state index contributed by atoms with van der Waals surface area (Å²) in [5, 5.41) is 2.89. The van der Waals surface area contributed by atoms with Crippen molar-refractivity contribution >= 4 is 23.4 Å². The number of hydrogen-bond donors (Lipinski definition) is 1. The van der Waals surface area contributed by atoms with E-state index in [1.54, 1.807) is 30.1 Å². The van der Waals surface area contributed by atoms with Gasteiger partial charge in [-0.25, -0.2) is 0 Å². The number of anilines is 1. The number of amides is 1. The van der Waals surface area contributed by atoms with Gasteiger partial charge in [0, 0.05) is 40.4 Å². The highest BCUT2D eigenvalue weighted by molar-refractivity contribution is 7.98. The van der Waals surface area contributed by atoms with Gasteiger partial charge in [0.15, 0.2) is 0 Å². The molecule has 0 saturated carbocycles. The van der Waals surface area contributed by atoms with Crippen LogP contribution in [0.25, 0.3) is 0 Å². The maximum atomic E-state index is 12.4. The maximum Gasteiger partial charge on any atom is 0.255 e. The summed E-state index contributed by atoms with van der Waals surface area (Å²) in [6, 6.07) is 18.9. The van der Waals surface area contributed by atoms with Crippen molar-refractivity contribution in [2.45, 2.75) is 10.6 Å². The molecule has 0 spiro atoms. The molecule has 3 rings (SSSR count). The van der Waals surface area contributed by atoms with E-state index in [1.807, 2.05) is 54.7 Å². The molecule has 0 aliphatic carbocycles. The predicted molar refractivity (Wildman–Crippen MR) is 110 cm³/mol. The third-order valence-corrected chi connectivity index (χ3v) is 4.79. The number of nitrogens with zero attached hydrogens (tertiary/aromatic N) is 1. The lowest BCUT2D eigenvalue weighted by Crippen LogP contribution is -2.11. The predicted octanol–water partition coefficient (Wildman–Crippen LogP) is 5.19. The molecule has 0 unspecified atom stereocenters. The highest BCUT2D eigenvalue weighted by atomic mass is 32.2. The van der Waals surface area contributed by atoms with Crippen molar-refractivity contribution in [3.63, 3.8) is 0 Å². The largest absolute Gasteiger partial charge is 0.489 e. The van der Waals surface area contributed by atoms with E-state index >= 15 is 0 Å². The molecule has 136 valence electrons. The lowest BCUT2D eigenvalue weighted by Gasteiger charge is -2.09. The molecule has 5 heteroatoms. The van der Waals surface area contributed by atoms with Gasteiger partial charge < -0.3 is 10.1 Å². The van der Waals surface area contributed by atoms with E-state index in [0.29, 0.717) is 23.6 Å². The van der Waals surface area contributed by atoms with Crippen LogP contribution >= 0.6 is 11.8 Å². The Bertz CT molecular complexity index is 896. The highest BCUT2D eigenvalue weighted by Crippen LogP contribution is 2.23. The Morgan fingerprint density at radius 1 is 1.15 bits per heavy atom. The number of ether oxygens (including phenoxy) is 1. The fourth-order valence-corrected chi connectivity index (χ4v) is 3.21. The molecule has 4 nitrogen and oxygen atoms in total. The summed E-state index contributed by atoms with van der Waals surface area (Å²) in [6.07, 6.45) is 5.31. The number of nitrogens with one attached hydrogen (secondary N) is 1. The monoisotopic (exact) mass is 376 g/mol. The molecule has 1 aromatic heterocycles. The Balaban J connectivity index is 1.58. The Morgan fingerprint density at radius 3 is 2.74 bits per heavy atom. The SMILES string of the molecule is C=CCOc1cccc(NC(=O)c2ccc(SCc3cccnc3)cc2)c1. The summed E-state index contributed by atoms with van der Waals surface area (Å²) >= 11 is 1.71. The molecule has 27 heavy (non-hydrogen) atoms. The molecule has 0 saturated heterocycles. The molecule has 0 aliphatic rings. The van der Waals surface area contributed by atoms with Crippen LogP contribution < -0.4 is 10.1 Å². The molecule has 2 aromatic carbocycles. The van der Waals surface area contributed by atoms with Gasteiger partial charge in [-0.15, -0.1) is 11.8 Å². The number of carbonyl (C=O) groups is 1. The van der Waals surface area contributed by atoms with Gasteiger partial charge in [0.25, 0.3) is 5.91 Å². The average Bonchev–Trinajstić information content (AvgIpc) is 2.72. The van der Waals surface area contributed by atoms with Gasteiger partial charge in [-0.2, -0.15) is 0 Å². The van der Waals surface area contributed by atoms with E-state index in [9.17, 15) is 4.79 Å². The summed E-state index contributed by atoms with van der Waals surface area (Å²) in [7, 11) is 0. The number of benzene rings is 2. The van der Waals surface area contributed by atoms with Crippen LogP contribution in [-0.2, 0) is 5.75 Å². The lowest BCUT2D eigenvalue weighted by molar-refractivity contribution is 0.102. The topological polar surface area (TPSA) is 51.2 Å². The minimum atomic E-state index is -0.153. The molecule has 0 atom stereocenters. The van der Waals surface area contributed by atoms with Crippen molar-refractivity contribution in [2.24, 2.45) is 0 Å². The summed E-state index contributed by atoms with van der Waals surface area (Å²) in [6.45, 7) is 4.05. The molecule has 3 aromatic rings. The molecule has 1 amide bonds. The summed E-state index contributed by atoms with van der Waals surface area (Å²) < 4.78 is 5.49. The summed E-state index contributed by atoms with van der Waals surface area (Å²) in [5.74, 6) is 1.38. The standard InChI is InChI=1S/C22H20N2O2S/c1-2-13-26-20-7-3-6-19(14-20)24-22(25)18-8-10-21(11-9-18)27-16-17-5-4-12-23-15-17/h2-12,14-15H,1,13,16H2,(H,24,25). The first-order valence-corrected chi connectivity index (χ1v) is 9.50. The highest BCUT2D eigenvalue weighted by Gasteiger charge is 2.07. The Hall–Kier alpha value is -3.05. The van der Waals surface area contributed by atoms with Crippen LogP contribution in [0.3, 0.4) is 0 Å². The minimum Gasteiger partial charge on any atom is -0.489 e. The quantitative estimate of drug-likeness (QED) is 0.434. The zero-order valence-electron chi connectivity index (χ0n) is 14.8. The third kappa shape index (κ3) is 5.72. The first kappa shape index (κ1) is 18.7. The summed E-state index contributed by atoms with van der Waals surface area (Å²) in [5.41, 5.74) is 2.47. The van der Waals surface area contributed by atoms with Crippen LogP contribution in [0.4, 0.5) is 5.69 Å². The van der Waals surface area contributed by atoms with E-state index in [-0.39, 0.29) is 5.91 Å². The average molecular weight is 376 g/mol. The zero-order valence-corrected chi connectivity index (χ0v) is 15.6. The normalized spacial score (nSPS) is 10.2. The second kappa shape index (κ2) is 9.59. The second-order valence-corrected chi connectivity index (χ2v) is 6.80. The number of pyridine rings is 1. The van der Waals surface area contributed by atoms with Crippen molar-refractivity contribution in [3.8, 4) is 5.75 Å². The Morgan fingerprint density at radius 2 is 2.00 bits per heavy atom. The van der Waals surface area contributed by atoms with Crippen molar-refractivity contribution in [3.05, 3.63) is 96.8 Å². The molecular formula is C22H20N2O2S. The van der Waals surface area contributed by atoms with Gasteiger partial charge in [0.1, 0.15) is 12.4 Å². The van der Waals surface area contributed by atoms with Gasteiger partial charge >= 0.3 is 0 Å². The van der Waals surface area contributed by atoms with E-state index in [2.05, 4.69) is 22.9 Å². The number of thioether (sulfide) groups is 1. The van der Waals surface area contributed by atoms with Crippen LogP contribution in [0, 0.1) is 0 Å². The first-order valence-electron chi connectivity index (χ1n) is 8.51. The maximum absolute atomic E-state index is 12.4. The van der Waals surface area contributed by atoms with Crippen LogP contribution in [0.1, 0.15) is 15.9 Å². The molecule has 0 fully saturated rings. The van der Waals surface area contributed by atoms with Gasteiger partial charge in [-0.3, -0.25) is 9.78 Å². The second-order valence-electron chi connectivity index (χ2n) is 5.76. The first-order chi connectivity index (χ1) is 13.2. The smallest absolute Gasteiger partial charge is 0.255 e. The number of carbonyl (C=O) groups excluding carboxylic acids is 1. The van der Waals surface area contributed by atoms with Gasteiger partial charge in [-0.1, -0.05) is 24.8 Å². The van der Waals surface area contributed by atoms with E-state index in [0.717, 1.165) is 10.6 Å². The molecule has 1 N–H and O–H groups in total. The van der Waals surface area contributed by atoms with Crippen LogP contribution in [0.15, 0.2) is 90.6 Å². The lowest BCUT2D eigenvalue weighted by atomic mass is 10.2. The van der Waals surface area contributed by atoms with Gasteiger partial charge in [-0.05, 0) is 48.0 Å². The Kier molecular flexibility index (Phi) is 6.66. The number of hydrogen-bond acceptors (Lipinski definition) is 4. The minimum absolute atomic E-state index is 0.153. The summed E-state index contributed by atoms with van der Waals surface area (Å²) in [4.78, 5) is 17.7. The third-order valence-electron chi connectivity index (χ3n) is 3.70. The number of aromatic nitrogens is 1. The fraction of sp³-hybridized carbons (Fsp3) is 0.0909. The molecular weight excluding hydrogens is 356 g/mol. The van der Waals surface area contributed by atoms with E-state index in [1.165, 1.54) is 5.56 Å². The molecule has 0 radical (unpaired) electrons. The zero-order chi connectivity index (χ0) is 18.9. The van der Waals surface area contributed by atoms with Crippen LogP contribution in [0.5, 0.6) is 5.75 Å². The van der Waals surface area contributed by atoms with Crippen LogP contribution in [0.2, 0.25) is 0 Å². The van der Waals surface area contributed by atoms with E-state index < -0.39 is 0 Å². The van der Waals surface area contributed by atoms with Crippen molar-refractivity contribution in [1.29, 1.82) is 0 Å². The van der Waals surface area contributed by atoms with Gasteiger partial charge in [0.2, 0.25) is 0 Å².